The molecule has 0 aliphatic heterocycles. The van der Waals surface area contributed by atoms with Gasteiger partial charge in [-0.25, -0.2) is 4.98 Å². The highest BCUT2D eigenvalue weighted by molar-refractivity contribution is 7.98. The molecule has 0 fully saturated rings. The van der Waals surface area contributed by atoms with Crippen molar-refractivity contribution in [2.45, 2.75) is 6.42 Å². The van der Waals surface area contributed by atoms with Crippen molar-refractivity contribution in [2.75, 3.05) is 23.9 Å². The number of rotatable bonds is 6. The van der Waals surface area contributed by atoms with E-state index in [1.54, 1.807) is 30.1 Å². The Balaban J connectivity index is 2.30. The summed E-state index contributed by atoms with van der Waals surface area (Å²) in [4.78, 5) is 14.7. The molecule has 0 bridgehead atoms. The van der Waals surface area contributed by atoms with Gasteiger partial charge in [-0.3, -0.25) is 10.1 Å². The first kappa shape index (κ1) is 13.6. The van der Waals surface area contributed by atoms with Crippen molar-refractivity contribution in [2.24, 2.45) is 0 Å². The van der Waals surface area contributed by atoms with Crippen LogP contribution in [-0.4, -0.2) is 28.5 Å². The highest BCUT2D eigenvalue weighted by Crippen LogP contribution is 2.29. The molecule has 2 rings (SSSR count). The first-order chi connectivity index (χ1) is 9.24. The zero-order valence-corrected chi connectivity index (χ0v) is 11.4. The zero-order chi connectivity index (χ0) is 13.7. The standard InChI is InChI=1S/C13H15N3O2S/c1-19-9-3-8-14-11-5-6-12(16(17)18)13-10(11)4-2-7-15-13/h2,4-7,14H,3,8-9H2,1H3. The van der Waals surface area contributed by atoms with Crippen LogP contribution in [0.5, 0.6) is 0 Å². The van der Waals surface area contributed by atoms with E-state index in [0.29, 0.717) is 5.52 Å². The number of hydrogen-bond acceptors (Lipinski definition) is 5. The molecule has 2 aromatic rings. The lowest BCUT2D eigenvalue weighted by atomic mass is 10.1. The fraction of sp³-hybridized carbons (Fsp3) is 0.308. The van der Waals surface area contributed by atoms with Gasteiger partial charge in [0.05, 0.1) is 4.92 Å². The van der Waals surface area contributed by atoms with Crippen molar-refractivity contribution >= 4 is 34.0 Å². The van der Waals surface area contributed by atoms with Gasteiger partial charge in [0.15, 0.2) is 0 Å². The molecule has 0 atom stereocenters. The SMILES string of the molecule is CSCCCNc1ccc([N+](=O)[O-])c2ncccc12. The number of nitrogens with one attached hydrogen (secondary N) is 1. The van der Waals surface area contributed by atoms with Gasteiger partial charge in [-0.2, -0.15) is 11.8 Å². The minimum Gasteiger partial charge on any atom is -0.384 e. The lowest BCUT2D eigenvalue weighted by Crippen LogP contribution is -2.03. The number of anilines is 1. The maximum atomic E-state index is 11.0. The van der Waals surface area contributed by atoms with Crippen LogP contribution in [0.1, 0.15) is 6.42 Å². The first-order valence-corrected chi connectivity index (χ1v) is 7.38. The van der Waals surface area contributed by atoms with Crippen LogP contribution in [0.25, 0.3) is 10.9 Å². The molecule has 19 heavy (non-hydrogen) atoms. The van der Waals surface area contributed by atoms with Gasteiger partial charge in [0.1, 0.15) is 5.52 Å². The Hall–Kier alpha value is -1.82. The second-order valence-electron chi connectivity index (χ2n) is 4.06. The molecule has 0 unspecified atom stereocenters. The van der Waals surface area contributed by atoms with Crippen LogP contribution < -0.4 is 5.32 Å². The van der Waals surface area contributed by atoms with Crippen LogP contribution in [0.4, 0.5) is 11.4 Å². The number of non-ortho nitro benzene ring substituents is 1. The summed E-state index contributed by atoms with van der Waals surface area (Å²) in [6.07, 6.45) is 4.71. The number of aromatic nitrogens is 1. The molecule has 0 spiro atoms. The second-order valence-corrected chi connectivity index (χ2v) is 5.05. The number of nitro groups is 1. The lowest BCUT2D eigenvalue weighted by molar-refractivity contribution is -0.383. The van der Waals surface area contributed by atoms with E-state index >= 15 is 0 Å². The molecular formula is C13H15N3O2S. The number of nitrogens with zero attached hydrogens (tertiary/aromatic N) is 2. The highest BCUT2D eigenvalue weighted by Gasteiger charge is 2.14. The average molecular weight is 277 g/mol. The maximum Gasteiger partial charge on any atom is 0.295 e. The Labute approximate surface area is 115 Å². The normalized spacial score (nSPS) is 10.6. The lowest BCUT2D eigenvalue weighted by Gasteiger charge is -2.09. The quantitative estimate of drug-likeness (QED) is 0.498. The Kier molecular flexibility index (Phi) is 4.57. The van der Waals surface area contributed by atoms with Gasteiger partial charge in [0.25, 0.3) is 5.69 Å². The van der Waals surface area contributed by atoms with E-state index in [1.165, 1.54) is 6.07 Å². The van der Waals surface area contributed by atoms with Gasteiger partial charge in [-0.1, -0.05) is 0 Å². The van der Waals surface area contributed by atoms with Crippen molar-refractivity contribution in [3.05, 3.63) is 40.6 Å². The van der Waals surface area contributed by atoms with Crippen LogP contribution in [0.3, 0.4) is 0 Å². The Morgan fingerprint density at radius 3 is 3.00 bits per heavy atom. The number of benzene rings is 1. The minimum atomic E-state index is -0.396. The summed E-state index contributed by atoms with van der Waals surface area (Å²) >= 11 is 1.81. The third-order valence-electron chi connectivity index (χ3n) is 2.79. The molecule has 1 heterocycles. The Bertz CT molecular complexity index is 589. The van der Waals surface area contributed by atoms with Crippen molar-refractivity contribution in [3.63, 3.8) is 0 Å². The van der Waals surface area contributed by atoms with E-state index in [1.807, 2.05) is 6.07 Å². The van der Waals surface area contributed by atoms with E-state index in [4.69, 9.17) is 0 Å². The average Bonchev–Trinajstić information content (AvgIpc) is 2.43. The molecule has 100 valence electrons. The van der Waals surface area contributed by atoms with Crippen LogP contribution >= 0.6 is 11.8 Å². The number of nitro benzene ring substituents is 1. The summed E-state index contributed by atoms with van der Waals surface area (Å²) in [5.41, 5.74) is 1.38. The molecule has 6 heteroatoms. The molecule has 0 saturated heterocycles. The molecular weight excluding hydrogens is 262 g/mol. The van der Waals surface area contributed by atoms with Crippen LogP contribution in [0.15, 0.2) is 30.5 Å². The highest BCUT2D eigenvalue weighted by atomic mass is 32.2. The number of fused-ring (bicyclic) bond motifs is 1. The van der Waals surface area contributed by atoms with E-state index in [-0.39, 0.29) is 5.69 Å². The van der Waals surface area contributed by atoms with Crippen molar-refractivity contribution < 1.29 is 4.92 Å². The Morgan fingerprint density at radius 1 is 1.42 bits per heavy atom. The van der Waals surface area contributed by atoms with Gasteiger partial charge in [-0.05, 0) is 36.6 Å². The van der Waals surface area contributed by atoms with E-state index in [2.05, 4.69) is 16.6 Å². The summed E-state index contributed by atoms with van der Waals surface area (Å²) < 4.78 is 0. The summed E-state index contributed by atoms with van der Waals surface area (Å²) in [6, 6.07) is 6.90. The summed E-state index contributed by atoms with van der Waals surface area (Å²) in [5, 5.41) is 15.1. The van der Waals surface area contributed by atoms with Gasteiger partial charge < -0.3 is 5.32 Å². The van der Waals surface area contributed by atoms with Gasteiger partial charge in [0.2, 0.25) is 0 Å². The molecule has 0 saturated carbocycles. The number of pyridine rings is 1. The van der Waals surface area contributed by atoms with Crippen LogP contribution in [0.2, 0.25) is 0 Å². The molecule has 0 amide bonds. The monoisotopic (exact) mass is 277 g/mol. The summed E-state index contributed by atoms with van der Waals surface area (Å²) in [6.45, 7) is 0.850. The predicted octanol–water partition coefficient (Wildman–Crippen LogP) is 3.31. The van der Waals surface area contributed by atoms with Crippen LogP contribution in [-0.2, 0) is 0 Å². The molecule has 5 nitrogen and oxygen atoms in total. The minimum absolute atomic E-state index is 0.0465. The Morgan fingerprint density at radius 2 is 2.26 bits per heavy atom. The van der Waals surface area contributed by atoms with E-state index in [9.17, 15) is 10.1 Å². The molecule has 0 aliphatic carbocycles. The molecule has 1 N–H and O–H groups in total. The van der Waals surface area contributed by atoms with Gasteiger partial charge >= 0.3 is 0 Å². The van der Waals surface area contributed by atoms with Crippen molar-refractivity contribution in [1.29, 1.82) is 0 Å². The molecule has 1 aromatic heterocycles. The summed E-state index contributed by atoms with van der Waals surface area (Å²) in [5.74, 6) is 1.09. The molecule has 0 radical (unpaired) electrons. The smallest absolute Gasteiger partial charge is 0.295 e. The predicted molar refractivity (Wildman–Crippen MR) is 79.9 cm³/mol. The van der Waals surface area contributed by atoms with Gasteiger partial charge in [0, 0.05) is 29.9 Å². The third-order valence-corrected chi connectivity index (χ3v) is 3.48. The number of hydrogen-bond donors (Lipinski definition) is 1. The van der Waals surface area contributed by atoms with E-state index < -0.39 is 4.92 Å². The van der Waals surface area contributed by atoms with Gasteiger partial charge in [-0.15, -0.1) is 0 Å². The zero-order valence-electron chi connectivity index (χ0n) is 10.6. The topological polar surface area (TPSA) is 68.1 Å². The molecule has 0 aliphatic rings. The fourth-order valence-electron chi connectivity index (χ4n) is 1.90. The maximum absolute atomic E-state index is 11.0. The largest absolute Gasteiger partial charge is 0.384 e. The first-order valence-electron chi connectivity index (χ1n) is 5.99. The fourth-order valence-corrected chi connectivity index (χ4v) is 2.33. The second kappa shape index (κ2) is 6.38. The van der Waals surface area contributed by atoms with Crippen molar-refractivity contribution in [1.82, 2.24) is 4.98 Å². The van der Waals surface area contributed by atoms with E-state index in [0.717, 1.165) is 29.8 Å². The molecule has 1 aromatic carbocycles. The van der Waals surface area contributed by atoms with Crippen molar-refractivity contribution in [3.8, 4) is 0 Å². The third kappa shape index (κ3) is 3.14. The number of thioether (sulfide) groups is 1. The summed E-state index contributed by atoms with van der Waals surface area (Å²) in [7, 11) is 0. The van der Waals surface area contributed by atoms with Crippen LogP contribution in [0, 0.1) is 10.1 Å².